The minimum absolute atomic E-state index is 0.135. The van der Waals surface area contributed by atoms with E-state index in [4.69, 9.17) is 10.6 Å². The number of carboxylic acid groups (broad SMARTS) is 1. The summed E-state index contributed by atoms with van der Waals surface area (Å²) < 4.78 is 0. The van der Waals surface area contributed by atoms with Crippen LogP contribution in [-0.2, 0) is 9.59 Å². The van der Waals surface area contributed by atoms with Gasteiger partial charge in [-0.05, 0) is 6.42 Å². The number of carboxylic acids is 1. The van der Waals surface area contributed by atoms with Gasteiger partial charge in [0.05, 0.1) is 16.2 Å². The molecule has 0 spiro atoms. The molecule has 0 heterocycles. The van der Waals surface area contributed by atoms with Gasteiger partial charge in [0.2, 0.25) is 5.78 Å². The molecule has 0 amide bonds. The van der Waals surface area contributed by atoms with Crippen LogP contribution in [0.5, 0.6) is 0 Å². The van der Waals surface area contributed by atoms with Gasteiger partial charge in [-0.2, -0.15) is 0 Å². The van der Waals surface area contributed by atoms with E-state index in [0.717, 1.165) is 6.21 Å². The van der Waals surface area contributed by atoms with Gasteiger partial charge >= 0.3 is 12.2 Å². The molecule has 1 atom stereocenters. The summed E-state index contributed by atoms with van der Waals surface area (Å²) in [6.07, 6.45) is 1.31. The third-order valence-electron chi connectivity index (χ3n) is 1.45. The molecular weight excluding hydrogens is 160 g/mol. The Bertz CT molecular complexity index is 231. The van der Waals surface area contributed by atoms with E-state index in [2.05, 4.69) is 4.79 Å². The first kappa shape index (κ1) is 10.5. The molecule has 0 aliphatic rings. The summed E-state index contributed by atoms with van der Waals surface area (Å²) in [5, 5.41) is 8.44. The van der Waals surface area contributed by atoms with Crippen molar-refractivity contribution in [2.24, 2.45) is 5.92 Å². The van der Waals surface area contributed by atoms with E-state index in [1.165, 1.54) is 6.92 Å². The van der Waals surface area contributed by atoms with E-state index in [-0.39, 0.29) is 12.2 Å². The minimum Gasteiger partial charge on any atom is -0.481 e. The summed E-state index contributed by atoms with van der Waals surface area (Å²) in [5.74, 6) is -1.74. The molecule has 0 unspecified atom stereocenters. The third-order valence-corrected chi connectivity index (χ3v) is 1.45. The number of ketones is 1. The first-order valence-corrected chi connectivity index (χ1v) is 3.53. The lowest BCUT2D eigenvalue weighted by Gasteiger charge is -2.00. The van der Waals surface area contributed by atoms with Gasteiger partial charge in [-0.25, -0.2) is 0 Å². The van der Waals surface area contributed by atoms with Crippen molar-refractivity contribution in [3.8, 4) is 0 Å². The highest BCUT2D eigenvalue weighted by molar-refractivity contribution is 6.25. The van der Waals surface area contributed by atoms with Crippen LogP contribution in [0, 0.1) is 11.4 Å². The average molecular weight is 171 g/mol. The van der Waals surface area contributed by atoms with E-state index >= 15 is 0 Å². The molecule has 0 aliphatic carbocycles. The number of Topliss-reactive ketones (excluding diaryl/α,β-unsaturated/α-hetero) is 1. The van der Waals surface area contributed by atoms with E-state index in [0.29, 0.717) is 6.42 Å². The number of aliphatic carboxylic acids is 1. The van der Waals surface area contributed by atoms with Crippen LogP contribution in [0.4, 0.5) is 0 Å². The number of hydrogen-bond donors (Lipinski definition) is 2. The molecule has 0 saturated carbocycles. The summed E-state index contributed by atoms with van der Waals surface area (Å²) >= 11 is 0. The van der Waals surface area contributed by atoms with Gasteiger partial charge in [0.15, 0.2) is 0 Å². The molecule has 0 aliphatic heterocycles. The summed E-state index contributed by atoms with van der Waals surface area (Å²) in [7, 11) is 0. The molecular formula is C7H11N2O3+. The number of nitrogens with one attached hydrogen (secondary N) is 1. The molecule has 0 aromatic heterocycles. The van der Waals surface area contributed by atoms with E-state index in [1.807, 2.05) is 0 Å². The SMILES string of the molecule is C[C@@H](CCC(=O)C=[N+]=N)C(=O)O. The Hall–Kier alpha value is -1.48. The topological polar surface area (TPSA) is 92.3 Å². The van der Waals surface area contributed by atoms with Crippen molar-refractivity contribution in [3.05, 3.63) is 0 Å². The Morgan fingerprint density at radius 2 is 2.25 bits per heavy atom. The maximum absolute atomic E-state index is 10.7. The highest BCUT2D eigenvalue weighted by Gasteiger charge is 2.13. The second-order valence-corrected chi connectivity index (χ2v) is 2.50. The lowest BCUT2D eigenvalue weighted by atomic mass is 10.0. The van der Waals surface area contributed by atoms with Crippen LogP contribution < -0.4 is 0 Å². The minimum atomic E-state index is -0.911. The molecule has 66 valence electrons. The molecule has 5 heteroatoms. The first-order chi connectivity index (χ1) is 5.57. The smallest absolute Gasteiger partial charge is 0.372 e. The van der Waals surface area contributed by atoms with Gasteiger partial charge in [0, 0.05) is 6.42 Å². The molecule has 0 aromatic rings. The van der Waals surface area contributed by atoms with E-state index in [9.17, 15) is 9.59 Å². The van der Waals surface area contributed by atoms with Crippen LogP contribution in [-0.4, -0.2) is 27.9 Å². The molecule has 0 saturated heterocycles. The van der Waals surface area contributed by atoms with Gasteiger partial charge in [0.25, 0.3) is 0 Å². The predicted octanol–water partition coefficient (Wildman–Crippen LogP) is 0.366. The molecule has 0 radical (unpaired) electrons. The summed E-state index contributed by atoms with van der Waals surface area (Å²) in [6.45, 7) is 1.54. The number of carbonyl (C=O) groups excluding carboxylic acids is 1. The Kier molecular flexibility index (Phi) is 4.57. The van der Waals surface area contributed by atoms with Crippen molar-refractivity contribution >= 4 is 18.0 Å². The fraction of sp³-hybridized carbons (Fsp3) is 0.571. The fourth-order valence-corrected chi connectivity index (χ4v) is 0.619. The molecule has 12 heavy (non-hydrogen) atoms. The Balaban J connectivity index is 3.75. The third kappa shape index (κ3) is 4.35. The normalized spacial score (nSPS) is 11.4. The van der Waals surface area contributed by atoms with E-state index in [1.54, 1.807) is 0 Å². The quantitative estimate of drug-likeness (QED) is 0.355. The summed E-state index contributed by atoms with van der Waals surface area (Å²) in [5.41, 5.74) is 6.34. The van der Waals surface area contributed by atoms with Crippen LogP contribution in [0.25, 0.3) is 0 Å². The van der Waals surface area contributed by atoms with Crippen molar-refractivity contribution in [2.45, 2.75) is 19.8 Å². The fourth-order valence-electron chi connectivity index (χ4n) is 0.619. The van der Waals surface area contributed by atoms with Crippen LogP contribution in [0.2, 0.25) is 0 Å². The predicted molar refractivity (Wildman–Crippen MR) is 40.1 cm³/mol. The standard InChI is InChI=1S/C7H10N2O3/c1-5(7(11)12)2-3-6(10)4-9-8/h4-5,8H,2-3H2,1H3/p+1/t5-/m0/s1. The van der Waals surface area contributed by atoms with Gasteiger partial charge < -0.3 is 5.11 Å². The van der Waals surface area contributed by atoms with Gasteiger partial charge in [-0.3, -0.25) is 9.59 Å². The van der Waals surface area contributed by atoms with Gasteiger partial charge in [-0.15, -0.1) is 0 Å². The van der Waals surface area contributed by atoms with Crippen molar-refractivity contribution in [3.63, 3.8) is 0 Å². The van der Waals surface area contributed by atoms with Crippen molar-refractivity contribution in [1.29, 1.82) is 5.53 Å². The Morgan fingerprint density at radius 3 is 2.67 bits per heavy atom. The van der Waals surface area contributed by atoms with Gasteiger partial charge in [0.1, 0.15) is 0 Å². The molecule has 0 fully saturated rings. The second-order valence-electron chi connectivity index (χ2n) is 2.50. The molecule has 0 rings (SSSR count). The van der Waals surface area contributed by atoms with Crippen molar-refractivity contribution < 1.29 is 19.5 Å². The Labute approximate surface area is 69.6 Å². The second kappa shape index (κ2) is 5.21. The first-order valence-electron chi connectivity index (χ1n) is 3.53. The number of rotatable bonds is 5. The maximum atomic E-state index is 10.7. The number of hydrogen-bond acceptors (Lipinski definition) is 3. The van der Waals surface area contributed by atoms with Crippen LogP contribution in [0.1, 0.15) is 19.8 Å². The lowest BCUT2D eigenvalue weighted by Crippen LogP contribution is -2.12. The number of carbonyl (C=O) groups is 2. The molecule has 2 N–H and O–H groups in total. The lowest BCUT2D eigenvalue weighted by molar-refractivity contribution is -0.141. The summed E-state index contributed by atoms with van der Waals surface area (Å²) in [6, 6.07) is 0. The molecule has 0 aromatic carbocycles. The van der Waals surface area contributed by atoms with Gasteiger partial charge in [-0.1, -0.05) is 6.92 Å². The molecule has 0 bridgehead atoms. The zero-order valence-corrected chi connectivity index (χ0v) is 6.78. The monoisotopic (exact) mass is 171 g/mol. The van der Waals surface area contributed by atoms with Crippen LogP contribution >= 0.6 is 0 Å². The van der Waals surface area contributed by atoms with Crippen LogP contribution in [0.3, 0.4) is 0 Å². The van der Waals surface area contributed by atoms with E-state index < -0.39 is 11.9 Å². The zero-order chi connectivity index (χ0) is 9.56. The average Bonchev–Trinajstić information content (AvgIpc) is 2.00. The maximum Gasteiger partial charge on any atom is 0.372 e. The van der Waals surface area contributed by atoms with Crippen molar-refractivity contribution in [2.75, 3.05) is 0 Å². The molecule has 5 nitrogen and oxygen atoms in total. The summed E-state index contributed by atoms with van der Waals surface area (Å²) in [4.78, 5) is 23.8. The highest BCUT2D eigenvalue weighted by Crippen LogP contribution is 2.04. The Morgan fingerprint density at radius 1 is 1.67 bits per heavy atom. The highest BCUT2D eigenvalue weighted by atomic mass is 16.4. The zero-order valence-electron chi connectivity index (χ0n) is 6.78. The van der Waals surface area contributed by atoms with Crippen LogP contribution in [0.15, 0.2) is 0 Å². The van der Waals surface area contributed by atoms with Crippen molar-refractivity contribution in [1.82, 2.24) is 0 Å². The number of nitrogens with zero attached hydrogens (tertiary/aromatic N) is 1. The largest absolute Gasteiger partial charge is 0.481 e.